The molecule has 1 aromatic rings. The second-order valence-electron chi connectivity index (χ2n) is 6.57. The maximum absolute atomic E-state index is 11.5. The summed E-state index contributed by atoms with van der Waals surface area (Å²) in [6.45, 7) is 5.64. The molecular weight excluding hydrogens is 250 g/mol. The van der Waals surface area contributed by atoms with Crippen LogP contribution in [0, 0.1) is 11.8 Å². The molecule has 20 heavy (non-hydrogen) atoms. The Balaban J connectivity index is 1.47. The van der Waals surface area contributed by atoms with Crippen molar-refractivity contribution < 1.29 is 4.79 Å². The van der Waals surface area contributed by atoms with E-state index in [9.17, 15) is 4.79 Å². The Labute approximate surface area is 119 Å². The number of nitrogens with zero attached hydrogens (tertiary/aromatic N) is 3. The Morgan fingerprint density at radius 1 is 1.20 bits per heavy atom. The maximum atomic E-state index is 11.5. The molecule has 1 amide bonds. The quantitative estimate of drug-likeness (QED) is 0.824. The fourth-order valence-corrected chi connectivity index (χ4v) is 3.71. The van der Waals surface area contributed by atoms with E-state index in [-0.39, 0.29) is 5.91 Å². The van der Waals surface area contributed by atoms with Crippen molar-refractivity contribution in [2.24, 2.45) is 11.8 Å². The number of hydrogen-bond donors (Lipinski definition) is 0. The van der Waals surface area contributed by atoms with Gasteiger partial charge in [-0.15, -0.1) is 0 Å². The lowest BCUT2D eigenvalue weighted by Gasteiger charge is -2.22. The molecule has 0 radical (unpaired) electrons. The van der Waals surface area contributed by atoms with E-state index in [0.29, 0.717) is 11.8 Å². The molecule has 0 N–H and O–H groups in total. The van der Waals surface area contributed by atoms with Crippen LogP contribution < -0.4 is 4.90 Å². The number of aromatic nitrogens is 1. The Morgan fingerprint density at radius 3 is 2.50 bits per heavy atom. The molecule has 106 valence electrons. The number of likely N-dealkylation sites (tertiary alicyclic amines) is 1. The molecule has 4 heteroatoms. The standard InChI is InChI=1S/C16H21N3O/c1-11(20)18-7-14-9-19(10-15(14)8-18)16-6-13(4-5-17-16)12-2-3-12/h4-6,12,14-15H,2-3,7-10H2,1H3. The summed E-state index contributed by atoms with van der Waals surface area (Å²) in [4.78, 5) is 20.4. The highest BCUT2D eigenvalue weighted by atomic mass is 16.2. The molecule has 1 aliphatic carbocycles. The van der Waals surface area contributed by atoms with Crippen molar-refractivity contribution in [3.05, 3.63) is 23.9 Å². The van der Waals surface area contributed by atoms with Gasteiger partial charge in [-0.05, 0) is 36.5 Å². The van der Waals surface area contributed by atoms with Crippen LogP contribution in [0.2, 0.25) is 0 Å². The van der Waals surface area contributed by atoms with Crippen LogP contribution in [-0.4, -0.2) is 42.0 Å². The molecule has 2 aliphatic heterocycles. The summed E-state index contributed by atoms with van der Waals surface area (Å²) in [6, 6.07) is 4.44. The fraction of sp³-hybridized carbons (Fsp3) is 0.625. The number of hydrogen-bond acceptors (Lipinski definition) is 3. The zero-order valence-corrected chi connectivity index (χ0v) is 12.0. The highest BCUT2D eigenvalue weighted by Crippen LogP contribution is 2.41. The molecule has 3 fully saturated rings. The number of anilines is 1. The Kier molecular flexibility index (Phi) is 2.72. The zero-order chi connectivity index (χ0) is 13.7. The monoisotopic (exact) mass is 271 g/mol. The highest BCUT2D eigenvalue weighted by molar-refractivity contribution is 5.73. The number of amides is 1. The number of fused-ring (bicyclic) bond motifs is 1. The highest BCUT2D eigenvalue weighted by Gasteiger charge is 2.41. The molecule has 4 nitrogen and oxygen atoms in total. The average molecular weight is 271 g/mol. The average Bonchev–Trinajstić information content (AvgIpc) is 3.09. The number of rotatable bonds is 2. The van der Waals surface area contributed by atoms with Gasteiger partial charge in [0.1, 0.15) is 5.82 Å². The van der Waals surface area contributed by atoms with E-state index in [1.54, 1.807) is 6.92 Å². The fourth-order valence-electron chi connectivity index (χ4n) is 3.71. The third kappa shape index (κ3) is 2.07. The minimum absolute atomic E-state index is 0.222. The van der Waals surface area contributed by atoms with Gasteiger partial charge in [0.2, 0.25) is 5.91 Å². The molecule has 0 bridgehead atoms. The summed E-state index contributed by atoms with van der Waals surface area (Å²) in [5, 5.41) is 0. The first-order chi connectivity index (χ1) is 9.70. The van der Waals surface area contributed by atoms with E-state index in [0.717, 1.165) is 37.9 Å². The lowest BCUT2D eigenvalue weighted by molar-refractivity contribution is -0.128. The van der Waals surface area contributed by atoms with E-state index >= 15 is 0 Å². The molecule has 1 saturated carbocycles. The number of pyridine rings is 1. The van der Waals surface area contributed by atoms with Gasteiger partial charge in [-0.1, -0.05) is 0 Å². The van der Waals surface area contributed by atoms with Gasteiger partial charge in [0.25, 0.3) is 0 Å². The molecule has 3 aliphatic rings. The topological polar surface area (TPSA) is 36.4 Å². The molecule has 0 aromatic carbocycles. The van der Waals surface area contributed by atoms with Gasteiger partial charge in [-0.25, -0.2) is 4.98 Å². The Bertz CT molecular complexity index is 526. The van der Waals surface area contributed by atoms with Gasteiger partial charge in [0.15, 0.2) is 0 Å². The van der Waals surface area contributed by atoms with E-state index in [2.05, 4.69) is 22.0 Å². The van der Waals surface area contributed by atoms with Crippen LogP contribution in [-0.2, 0) is 4.79 Å². The lowest BCUT2D eigenvalue weighted by Crippen LogP contribution is -2.31. The van der Waals surface area contributed by atoms with Crippen LogP contribution in [0.3, 0.4) is 0 Å². The van der Waals surface area contributed by atoms with Crippen molar-refractivity contribution in [2.45, 2.75) is 25.7 Å². The second-order valence-corrected chi connectivity index (χ2v) is 6.57. The third-order valence-electron chi connectivity index (χ3n) is 5.07. The first-order valence-corrected chi connectivity index (χ1v) is 7.67. The molecule has 3 heterocycles. The largest absolute Gasteiger partial charge is 0.356 e. The van der Waals surface area contributed by atoms with E-state index in [1.807, 2.05) is 11.1 Å². The lowest BCUT2D eigenvalue weighted by atomic mass is 10.0. The SMILES string of the molecule is CC(=O)N1CC2CN(c3cc(C4CC4)ccn3)CC2C1. The molecule has 1 aromatic heterocycles. The van der Waals surface area contributed by atoms with Crippen LogP contribution in [0.5, 0.6) is 0 Å². The first-order valence-electron chi connectivity index (χ1n) is 7.67. The minimum Gasteiger partial charge on any atom is -0.356 e. The number of carbonyl (C=O) groups is 1. The van der Waals surface area contributed by atoms with Crippen molar-refractivity contribution in [1.29, 1.82) is 0 Å². The van der Waals surface area contributed by atoms with Crippen molar-refractivity contribution in [3.8, 4) is 0 Å². The van der Waals surface area contributed by atoms with Crippen LogP contribution in [0.15, 0.2) is 18.3 Å². The van der Waals surface area contributed by atoms with Crippen LogP contribution in [0.4, 0.5) is 5.82 Å². The van der Waals surface area contributed by atoms with Crippen molar-refractivity contribution in [2.75, 3.05) is 31.1 Å². The van der Waals surface area contributed by atoms with Gasteiger partial charge in [-0.2, -0.15) is 0 Å². The Hall–Kier alpha value is -1.58. The molecule has 4 rings (SSSR count). The molecule has 2 saturated heterocycles. The van der Waals surface area contributed by atoms with Gasteiger partial charge in [-0.3, -0.25) is 4.79 Å². The third-order valence-corrected chi connectivity index (χ3v) is 5.07. The normalized spacial score (nSPS) is 28.9. The smallest absolute Gasteiger partial charge is 0.219 e. The zero-order valence-electron chi connectivity index (χ0n) is 12.0. The van der Waals surface area contributed by atoms with Crippen molar-refractivity contribution >= 4 is 11.7 Å². The van der Waals surface area contributed by atoms with E-state index in [4.69, 9.17) is 0 Å². The predicted octanol–water partition coefficient (Wildman–Crippen LogP) is 1.87. The summed E-state index contributed by atoms with van der Waals surface area (Å²) >= 11 is 0. The number of carbonyl (C=O) groups excluding carboxylic acids is 1. The molecule has 2 unspecified atom stereocenters. The minimum atomic E-state index is 0.222. The van der Waals surface area contributed by atoms with Gasteiger partial charge in [0, 0.05) is 51.1 Å². The predicted molar refractivity (Wildman–Crippen MR) is 77.7 cm³/mol. The van der Waals surface area contributed by atoms with E-state index < -0.39 is 0 Å². The van der Waals surface area contributed by atoms with Gasteiger partial charge >= 0.3 is 0 Å². The summed E-state index contributed by atoms with van der Waals surface area (Å²) in [6.07, 6.45) is 4.63. The molecule has 0 spiro atoms. The summed E-state index contributed by atoms with van der Waals surface area (Å²) in [5.41, 5.74) is 1.46. The summed E-state index contributed by atoms with van der Waals surface area (Å²) < 4.78 is 0. The van der Waals surface area contributed by atoms with Crippen molar-refractivity contribution in [1.82, 2.24) is 9.88 Å². The molecular formula is C16H21N3O. The Morgan fingerprint density at radius 2 is 1.90 bits per heavy atom. The van der Waals surface area contributed by atoms with Gasteiger partial charge < -0.3 is 9.80 Å². The summed E-state index contributed by atoms with van der Waals surface area (Å²) in [7, 11) is 0. The maximum Gasteiger partial charge on any atom is 0.219 e. The van der Waals surface area contributed by atoms with Gasteiger partial charge in [0.05, 0.1) is 0 Å². The van der Waals surface area contributed by atoms with Crippen LogP contribution in [0.25, 0.3) is 0 Å². The molecule has 2 atom stereocenters. The van der Waals surface area contributed by atoms with Crippen LogP contribution in [0.1, 0.15) is 31.2 Å². The van der Waals surface area contributed by atoms with Crippen LogP contribution >= 0.6 is 0 Å². The summed E-state index contributed by atoms with van der Waals surface area (Å²) in [5.74, 6) is 3.40. The first kappa shape index (κ1) is 12.2. The van der Waals surface area contributed by atoms with Crippen molar-refractivity contribution in [3.63, 3.8) is 0 Å². The second kappa shape index (κ2) is 4.47. The van der Waals surface area contributed by atoms with E-state index in [1.165, 1.54) is 18.4 Å².